The van der Waals surface area contributed by atoms with Crippen molar-refractivity contribution in [2.45, 2.75) is 10.1 Å². The smallest absolute Gasteiger partial charge is 0.172 e. The van der Waals surface area contributed by atoms with E-state index in [0.717, 1.165) is 31.6 Å². The van der Waals surface area contributed by atoms with Crippen LogP contribution in [-0.2, 0) is 0 Å². The highest BCUT2D eigenvalue weighted by molar-refractivity contribution is 14.1. The van der Waals surface area contributed by atoms with Gasteiger partial charge >= 0.3 is 0 Å². The molecule has 1 aliphatic heterocycles. The Hall–Kier alpha value is -1.75. The third kappa shape index (κ3) is 2.67. The van der Waals surface area contributed by atoms with Crippen molar-refractivity contribution in [1.82, 2.24) is 19.9 Å². The Morgan fingerprint density at radius 2 is 2.26 bits per heavy atom. The molecule has 0 atom stereocenters. The molecule has 2 aromatic heterocycles. The maximum atomic E-state index is 5.83. The highest BCUT2D eigenvalue weighted by Crippen LogP contribution is 2.40. The fourth-order valence-corrected chi connectivity index (χ4v) is 4.00. The monoisotopic (exact) mass is 440 g/mol. The summed E-state index contributed by atoms with van der Waals surface area (Å²) >= 11 is 3.86. The van der Waals surface area contributed by atoms with Crippen LogP contribution in [0.3, 0.4) is 0 Å². The molecule has 0 saturated heterocycles. The first-order valence-corrected chi connectivity index (χ1v) is 8.83. The summed E-state index contributed by atoms with van der Waals surface area (Å²) in [7, 11) is 2.07. The summed E-state index contributed by atoms with van der Waals surface area (Å²) in [5, 5.41) is 0.740. The summed E-state index contributed by atoms with van der Waals surface area (Å²) in [5.41, 5.74) is 8.17. The number of imidazole rings is 1. The van der Waals surface area contributed by atoms with Crippen LogP contribution in [0.5, 0.6) is 5.75 Å². The van der Waals surface area contributed by atoms with E-state index >= 15 is 0 Å². The molecule has 1 aliphatic rings. The zero-order chi connectivity index (χ0) is 16.0. The van der Waals surface area contributed by atoms with Crippen LogP contribution in [0.15, 0.2) is 28.5 Å². The molecule has 9 heteroatoms. The minimum absolute atomic E-state index is 0.381. The molecular formula is C14H13IN6OS. The van der Waals surface area contributed by atoms with Crippen LogP contribution in [0, 0.1) is 3.57 Å². The fourth-order valence-electron chi connectivity index (χ4n) is 2.41. The maximum absolute atomic E-state index is 5.83. The van der Waals surface area contributed by atoms with Gasteiger partial charge in [0.25, 0.3) is 0 Å². The minimum atomic E-state index is 0.381. The van der Waals surface area contributed by atoms with Gasteiger partial charge in [0.2, 0.25) is 0 Å². The predicted octanol–water partition coefficient (Wildman–Crippen LogP) is 2.52. The number of likely N-dealkylation sites (N-methyl/N-ethyl adjacent to an activating group) is 1. The second kappa shape index (κ2) is 5.71. The summed E-state index contributed by atoms with van der Waals surface area (Å²) in [6.07, 6.45) is 1.43. The normalized spacial score (nSPS) is 13.9. The van der Waals surface area contributed by atoms with Crippen molar-refractivity contribution in [3.63, 3.8) is 0 Å². The molecule has 3 aromatic rings. The van der Waals surface area contributed by atoms with Gasteiger partial charge in [-0.2, -0.15) is 0 Å². The molecule has 0 fully saturated rings. The number of fused-ring (bicyclic) bond motifs is 2. The van der Waals surface area contributed by atoms with Gasteiger partial charge in [0.05, 0.1) is 12.2 Å². The highest BCUT2D eigenvalue weighted by Gasteiger charge is 2.19. The first kappa shape index (κ1) is 14.8. The number of benzene rings is 1. The van der Waals surface area contributed by atoms with Gasteiger partial charge in [0, 0.05) is 15.5 Å². The number of aromatic nitrogens is 4. The van der Waals surface area contributed by atoms with Gasteiger partial charge in [0.1, 0.15) is 18.7 Å². The van der Waals surface area contributed by atoms with Crippen molar-refractivity contribution in [3.05, 3.63) is 22.0 Å². The molecule has 0 aliphatic carbocycles. The molecule has 0 unspecified atom stereocenters. The van der Waals surface area contributed by atoms with E-state index in [1.807, 2.05) is 0 Å². The van der Waals surface area contributed by atoms with Gasteiger partial charge in [-0.1, -0.05) is 11.8 Å². The molecule has 0 radical (unpaired) electrons. The van der Waals surface area contributed by atoms with E-state index in [2.05, 4.69) is 66.6 Å². The first-order valence-electron chi connectivity index (χ1n) is 6.93. The molecule has 1 aromatic carbocycles. The maximum Gasteiger partial charge on any atom is 0.172 e. The summed E-state index contributed by atoms with van der Waals surface area (Å²) in [5.74, 6) is 1.30. The molecule has 0 amide bonds. The van der Waals surface area contributed by atoms with Crippen molar-refractivity contribution in [3.8, 4) is 5.75 Å². The Kier molecular flexibility index (Phi) is 3.68. The molecule has 7 nitrogen and oxygen atoms in total. The Balaban J connectivity index is 1.72. The van der Waals surface area contributed by atoms with Crippen LogP contribution < -0.4 is 15.4 Å². The number of nitrogens with zero attached hydrogens (tertiary/aromatic N) is 4. The van der Waals surface area contributed by atoms with E-state index < -0.39 is 0 Å². The lowest BCUT2D eigenvalue weighted by Crippen LogP contribution is -2.28. The zero-order valence-corrected chi connectivity index (χ0v) is 15.2. The van der Waals surface area contributed by atoms with E-state index in [4.69, 9.17) is 10.5 Å². The number of hydrogen-bond donors (Lipinski definition) is 2. The number of aromatic amines is 1. The number of halogens is 1. The molecule has 4 rings (SSSR count). The lowest BCUT2D eigenvalue weighted by molar-refractivity contribution is 0.311. The second-order valence-corrected chi connectivity index (χ2v) is 7.31. The Labute approximate surface area is 150 Å². The van der Waals surface area contributed by atoms with Gasteiger partial charge in [0.15, 0.2) is 22.1 Å². The number of ether oxygens (including phenoxy) is 1. The average Bonchev–Trinajstić information content (AvgIpc) is 2.93. The van der Waals surface area contributed by atoms with Crippen LogP contribution in [0.2, 0.25) is 0 Å². The summed E-state index contributed by atoms with van der Waals surface area (Å²) in [4.78, 5) is 19.1. The van der Waals surface area contributed by atoms with Crippen molar-refractivity contribution < 1.29 is 4.74 Å². The summed E-state index contributed by atoms with van der Waals surface area (Å²) in [6, 6.07) is 4.19. The molecule has 23 heavy (non-hydrogen) atoms. The third-order valence-electron chi connectivity index (χ3n) is 3.60. The van der Waals surface area contributed by atoms with Crippen LogP contribution in [-0.4, -0.2) is 40.1 Å². The number of nitrogens with two attached hydrogens (primary N) is 1. The fraction of sp³-hybridized carbons (Fsp3) is 0.214. The summed E-state index contributed by atoms with van der Waals surface area (Å²) in [6.45, 7) is 1.60. The minimum Gasteiger partial charge on any atom is -0.490 e. The second-order valence-electron chi connectivity index (χ2n) is 5.12. The van der Waals surface area contributed by atoms with Crippen molar-refractivity contribution >= 4 is 57.0 Å². The van der Waals surface area contributed by atoms with Gasteiger partial charge in [-0.05, 0) is 34.7 Å². The van der Waals surface area contributed by atoms with E-state index in [-0.39, 0.29) is 0 Å². The number of H-pyrrole nitrogens is 1. The van der Waals surface area contributed by atoms with E-state index in [9.17, 15) is 0 Å². The van der Waals surface area contributed by atoms with E-state index in [1.165, 1.54) is 6.33 Å². The summed E-state index contributed by atoms with van der Waals surface area (Å²) < 4.78 is 6.84. The van der Waals surface area contributed by atoms with Crippen molar-refractivity contribution in [1.29, 1.82) is 0 Å². The molecule has 3 heterocycles. The lowest BCUT2D eigenvalue weighted by atomic mass is 10.2. The third-order valence-corrected chi connectivity index (χ3v) is 5.81. The molecular weight excluding hydrogens is 427 g/mol. The Morgan fingerprint density at radius 1 is 1.39 bits per heavy atom. The van der Waals surface area contributed by atoms with Gasteiger partial charge in [-0.25, -0.2) is 15.0 Å². The largest absolute Gasteiger partial charge is 0.490 e. The van der Waals surface area contributed by atoms with E-state index in [1.54, 1.807) is 11.8 Å². The quantitative estimate of drug-likeness (QED) is 0.592. The van der Waals surface area contributed by atoms with Crippen LogP contribution in [0.4, 0.5) is 11.5 Å². The standard InChI is InChI=1S/C14H13IN6OS/c1-21-2-3-22-9-4-7(15)10(5-8(9)21)23-14-19-11-12(16)17-6-18-13(11)20-14/h4-6H,2-3H2,1H3,(H3,16,17,18,19,20). The Bertz CT molecular complexity index is 898. The SMILES string of the molecule is CN1CCOc2cc(I)c(Sc3nc4c(N)ncnc4[nH]3)cc21. The number of anilines is 2. The number of nitrogen functional groups attached to an aromatic ring is 1. The van der Waals surface area contributed by atoms with Crippen LogP contribution in [0.1, 0.15) is 0 Å². The average molecular weight is 440 g/mol. The molecule has 0 saturated carbocycles. The molecule has 118 valence electrons. The molecule has 3 N–H and O–H groups in total. The Morgan fingerprint density at radius 3 is 3.09 bits per heavy atom. The topological polar surface area (TPSA) is 92.9 Å². The highest BCUT2D eigenvalue weighted by atomic mass is 127. The van der Waals surface area contributed by atoms with Gasteiger partial charge in [-0.3, -0.25) is 0 Å². The first-order chi connectivity index (χ1) is 11.1. The van der Waals surface area contributed by atoms with E-state index in [0.29, 0.717) is 23.6 Å². The number of nitrogens with one attached hydrogen (secondary N) is 1. The number of rotatable bonds is 2. The zero-order valence-electron chi connectivity index (χ0n) is 12.2. The number of hydrogen-bond acceptors (Lipinski definition) is 7. The lowest BCUT2D eigenvalue weighted by Gasteiger charge is -2.28. The van der Waals surface area contributed by atoms with Crippen LogP contribution in [0.25, 0.3) is 11.2 Å². The van der Waals surface area contributed by atoms with Crippen molar-refractivity contribution in [2.24, 2.45) is 0 Å². The van der Waals surface area contributed by atoms with Gasteiger partial charge in [-0.15, -0.1) is 0 Å². The van der Waals surface area contributed by atoms with Crippen LogP contribution >= 0.6 is 34.4 Å². The van der Waals surface area contributed by atoms with Crippen molar-refractivity contribution in [2.75, 3.05) is 30.8 Å². The molecule has 0 spiro atoms. The predicted molar refractivity (Wildman–Crippen MR) is 98.1 cm³/mol. The molecule has 0 bridgehead atoms. The van der Waals surface area contributed by atoms with Gasteiger partial charge < -0.3 is 20.4 Å².